The third kappa shape index (κ3) is 16.2. The van der Waals surface area contributed by atoms with Crippen LogP contribution in [-0.2, 0) is 44.5 Å². The van der Waals surface area contributed by atoms with E-state index in [0.717, 1.165) is 11.1 Å². The molecule has 0 radical (unpaired) electrons. The Morgan fingerprint density at radius 2 is 0.723 bits per heavy atom. The van der Waals surface area contributed by atoms with Gasteiger partial charge in [0.15, 0.2) is 0 Å². The monoisotopic (exact) mass is 662 g/mol. The van der Waals surface area contributed by atoms with E-state index < -0.39 is 48.3 Å². The first-order valence-electron chi connectivity index (χ1n) is 15.1. The minimum atomic E-state index is -1.02. The third-order valence-corrected chi connectivity index (χ3v) is 6.65. The fourth-order valence-electron chi connectivity index (χ4n) is 4.54. The molecule has 4 atom stereocenters. The highest BCUT2D eigenvalue weighted by Gasteiger charge is 2.20. The van der Waals surface area contributed by atoms with Crippen molar-refractivity contribution in [2.45, 2.75) is 58.5 Å². The van der Waals surface area contributed by atoms with Crippen molar-refractivity contribution < 1.29 is 58.6 Å². The molecule has 0 fully saturated rings. The molecule has 0 bridgehead atoms. The van der Waals surface area contributed by atoms with Crippen molar-refractivity contribution in [1.29, 1.82) is 0 Å². The predicted molar refractivity (Wildman–Crippen MR) is 171 cm³/mol. The van der Waals surface area contributed by atoms with Gasteiger partial charge >= 0.3 is 23.9 Å². The minimum absolute atomic E-state index is 0.0485. The molecule has 0 spiro atoms. The first kappa shape index (κ1) is 38.9. The SMILES string of the molecule is CC(=O)OCC(O)CN(CC(O)COC(C)=O)c1ccc(Cc2ccc(N(CC(O)COC(C)=O)CC(O)COC(C)=O)cc2)cc1. The molecule has 14 nitrogen and oxygen atoms in total. The zero-order valence-electron chi connectivity index (χ0n) is 27.2. The third-order valence-electron chi connectivity index (χ3n) is 6.65. The number of rotatable bonds is 20. The van der Waals surface area contributed by atoms with Gasteiger partial charge in [0, 0.05) is 65.2 Å². The summed E-state index contributed by atoms with van der Waals surface area (Å²) < 4.78 is 19.6. The van der Waals surface area contributed by atoms with Crippen molar-refractivity contribution >= 4 is 35.3 Å². The van der Waals surface area contributed by atoms with Crippen LogP contribution in [-0.4, -0.2) is 121 Å². The van der Waals surface area contributed by atoms with Gasteiger partial charge in [-0.05, 0) is 41.8 Å². The topological polar surface area (TPSA) is 193 Å². The summed E-state index contributed by atoms with van der Waals surface area (Å²) in [5.74, 6) is -2.10. The van der Waals surface area contributed by atoms with E-state index in [-0.39, 0.29) is 52.6 Å². The number of benzene rings is 2. The lowest BCUT2D eigenvalue weighted by atomic mass is 10.0. The number of anilines is 2. The number of ether oxygens (including phenoxy) is 4. The van der Waals surface area contributed by atoms with Gasteiger partial charge in [-0.3, -0.25) is 19.2 Å². The number of aliphatic hydroxyl groups excluding tert-OH is 4. The van der Waals surface area contributed by atoms with Crippen molar-refractivity contribution in [1.82, 2.24) is 0 Å². The fourth-order valence-corrected chi connectivity index (χ4v) is 4.54. The molecular formula is C33H46N2O12. The molecule has 47 heavy (non-hydrogen) atoms. The van der Waals surface area contributed by atoms with Gasteiger partial charge in [0.1, 0.15) is 50.8 Å². The Balaban J connectivity index is 2.14. The molecule has 2 aromatic rings. The Morgan fingerprint density at radius 1 is 0.489 bits per heavy atom. The lowest BCUT2D eigenvalue weighted by Gasteiger charge is -2.29. The van der Waals surface area contributed by atoms with Gasteiger partial charge in [0.2, 0.25) is 0 Å². The first-order chi connectivity index (χ1) is 22.2. The molecule has 0 saturated heterocycles. The second kappa shape index (κ2) is 20.1. The van der Waals surface area contributed by atoms with E-state index in [1.807, 2.05) is 48.5 Å². The fraction of sp³-hybridized carbons (Fsp3) is 0.515. The van der Waals surface area contributed by atoms with Gasteiger partial charge < -0.3 is 49.2 Å². The molecule has 4 unspecified atom stereocenters. The molecule has 0 aliphatic rings. The Hall–Kier alpha value is -4.24. The number of aliphatic hydroxyl groups is 4. The average molecular weight is 663 g/mol. The quantitative estimate of drug-likeness (QED) is 0.114. The summed E-state index contributed by atoms with van der Waals surface area (Å²) in [6.07, 6.45) is -3.54. The number of carbonyl (C=O) groups is 4. The largest absolute Gasteiger partial charge is 0.463 e. The van der Waals surface area contributed by atoms with Crippen LogP contribution in [0.15, 0.2) is 48.5 Å². The van der Waals surface area contributed by atoms with Crippen LogP contribution in [0, 0.1) is 0 Å². The summed E-state index contributed by atoms with van der Waals surface area (Å²) in [7, 11) is 0. The predicted octanol–water partition coefficient (Wildman–Crippen LogP) is 0.586. The Morgan fingerprint density at radius 3 is 0.936 bits per heavy atom. The van der Waals surface area contributed by atoms with E-state index >= 15 is 0 Å². The average Bonchev–Trinajstić information content (AvgIpc) is 3.01. The van der Waals surface area contributed by atoms with E-state index in [0.29, 0.717) is 17.8 Å². The molecule has 14 heteroatoms. The molecule has 0 heterocycles. The smallest absolute Gasteiger partial charge is 0.302 e. The van der Waals surface area contributed by atoms with E-state index in [9.17, 15) is 39.6 Å². The molecule has 2 rings (SSSR count). The van der Waals surface area contributed by atoms with Crippen molar-refractivity contribution in [2.75, 3.05) is 62.4 Å². The summed E-state index contributed by atoms with van der Waals surface area (Å²) in [5, 5.41) is 41.6. The van der Waals surface area contributed by atoms with Crippen molar-refractivity contribution in [3.05, 3.63) is 59.7 Å². The molecule has 0 aliphatic carbocycles. The molecule has 260 valence electrons. The zero-order valence-corrected chi connectivity index (χ0v) is 27.2. The maximum absolute atomic E-state index is 11.2. The van der Waals surface area contributed by atoms with Crippen LogP contribution in [0.5, 0.6) is 0 Å². The van der Waals surface area contributed by atoms with Crippen LogP contribution in [0.3, 0.4) is 0 Å². The number of carbonyl (C=O) groups excluding carboxylic acids is 4. The summed E-state index contributed by atoms with van der Waals surface area (Å²) in [5.41, 5.74) is 3.30. The van der Waals surface area contributed by atoms with Gasteiger partial charge in [-0.15, -0.1) is 0 Å². The maximum Gasteiger partial charge on any atom is 0.302 e. The first-order valence-corrected chi connectivity index (χ1v) is 15.1. The summed E-state index contributed by atoms with van der Waals surface area (Å²) in [6.45, 7) is 4.31. The Kier molecular flexibility index (Phi) is 16.6. The molecule has 0 amide bonds. The zero-order chi connectivity index (χ0) is 34.9. The number of hydrogen-bond acceptors (Lipinski definition) is 14. The highest BCUT2D eigenvalue weighted by molar-refractivity contribution is 5.67. The molecule has 4 N–H and O–H groups in total. The van der Waals surface area contributed by atoms with Crippen LogP contribution in [0.25, 0.3) is 0 Å². The standard InChI is InChI=1S/C33H46N2O12/c1-22(36)44-18-30(40)14-34(15-31(41)19-45-23(2)37)28-9-5-26(6-10-28)13-27-7-11-29(12-8-27)35(16-32(42)20-46-24(3)38)17-33(43)21-47-25(4)39/h5-12,30-33,40-43H,13-21H2,1-4H3. The molecular weight excluding hydrogens is 616 g/mol. The van der Waals surface area contributed by atoms with Gasteiger partial charge in [0.05, 0.1) is 0 Å². The summed E-state index contributed by atoms with van der Waals surface area (Å²) in [4.78, 5) is 48.0. The van der Waals surface area contributed by atoms with Crippen molar-refractivity contribution in [2.24, 2.45) is 0 Å². The highest BCUT2D eigenvalue weighted by atomic mass is 16.6. The molecule has 2 aromatic carbocycles. The van der Waals surface area contributed by atoms with Gasteiger partial charge in [-0.25, -0.2) is 0 Å². The van der Waals surface area contributed by atoms with Gasteiger partial charge in [-0.1, -0.05) is 24.3 Å². The van der Waals surface area contributed by atoms with Crippen LogP contribution < -0.4 is 9.80 Å². The summed E-state index contributed by atoms with van der Waals surface area (Å²) in [6, 6.07) is 14.9. The van der Waals surface area contributed by atoms with Gasteiger partial charge in [0.25, 0.3) is 0 Å². The van der Waals surface area contributed by atoms with Crippen LogP contribution in [0.4, 0.5) is 11.4 Å². The van der Waals surface area contributed by atoms with E-state index in [1.165, 1.54) is 27.7 Å². The number of esters is 4. The second-order valence-electron chi connectivity index (χ2n) is 11.1. The second-order valence-corrected chi connectivity index (χ2v) is 11.1. The summed E-state index contributed by atoms with van der Waals surface area (Å²) >= 11 is 0. The van der Waals surface area contributed by atoms with E-state index in [2.05, 4.69) is 0 Å². The maximum atomic E-state index is 11.2. The number of nitrogens with zero attached hydrogens (tertiary/aromatic N) is 2. The van der Waals surface area contributed by atoms with Gasteiger partial charge in [-0.2, -0.15) is 0 Å². The highest BCUT2D eigenvalue weighted by Crippen LogP contribution is 2.21. The van der Waals surface area contributed by atoms with Crippen LogP contribution in [0.1, 0.15) is 38.8 Å². The van der Waals surface area contributed by atoms with E-state index in [1.54, 1.807) is 9.80 Å². The van der Waals surface area contributed by atoms with E-state index in [4.69, 9.17) is 18.9 Å². The Labute approximate surface area is 274 Å². The normalized spacial score (nSPS) is 13.4. The lowest BCUT2D eigenvalue weighted by Crippen LogP contribution is -2.41. The lowest BCUT2D eigenvalue weighted by molar-refractivity contribution is -0.144. The van der Waals surface area contributed by atoms with Crippen LogP contribution in [0.2, 0.25) is 0 Å². The van der Waals surface area contributed by atoms with Crippen molar-refractivity contribution in [3.8, 4) is 0 Å². The van der Waals surface area contributed by atoms with Crippen LogP contribution >= 0.6 is 0 Å². The Bertz CT molecular complexity index is 1120. The molecule has 0 aliphatic heterocycles. The number of hydrogen-bond donors (Lipinski definition) is 4. The molecule has 0 saturated carbocycles. The van der Waals surface area contributed by atoms with Crippen molar-refractivity contribution in [3.63, 3.8) is 0 Å². The minimum Gasteiger partial charge on any atom is -0.463 e. The molecule has 0 aromatic heterocycles.